The zero-order chi connectivity index (χ0) is 57.8. The van der Waals surface area contributed by atoms with Crippen molar-refractivity contribution in [3.63, 3.8) is 0 Å². The van der Waals surface area contributed by atoms with Crippen molar-refractivity contribution < 1.29 is 28.6 Å². The van der Waals surface area contributed by atoms with Gasteiger partial charge in [0, 0.05) is 19.3 Å². The molecule has 1 unspecified atom stereocenters. The molecule has 0 aliphatic heterocycles. The molecule has 6 nitrogen and oxygen atoms in total. The maximum absolute atomic E-state index is 12.9. The van der Waals surface area contributed by atoms with Crippen molar-refractivity contribution in [2.75, 3.05) is 13.2 Å². The summed E-state index contributed by atoms with van der Waals surface area (Å²) < 4.78 is 16.9. The summed E-state index contributed by atoms with van der Waals surface area (Å²) in [5, 5.41) is 0. The second kappa shape index (κ2) is 67.3. The van der Waals surface area contributed by atoms with Crippen molar-refractivity contribution in [3.8, 4) is 0 Å². The minimum absolute atomic E-state index is 0.0841. The highest BCUT2D eigenvalue weighted by Gasteiger charge is 2.19. The van der Waals surface area contributed by atoms with Gasteiger partial charge in [0.15, 0.2) is 6.10 Å². The fraction of sp³-hybridized carbons (Fsp3) is 0.689. The molecule has 0 saturated heterocycles. The van der Waals surface area contributed by atoms with Crippen LogP contribution < -0.4 is 0 Å². The van der Waals surface area contributed by atoms with Gasteiger partial charge in [-0.2, -0.15) is 0 Å². The van der Waals surface area contributed by atoms with Crippen LogP contribution in [0.25, 0.3) is 0 Å². The average Bonchev–Trinajstić information content (AvgIpc) is 3.46. The van der Waals surface area contributed by atoms with Crippen LogP contribution in [-0.4, -0.2) is 37.2 Å². The van der Waals surface area contributed by atoms with E-state index in [9.17, 15) is 14.4 Å². The fourth-order valence-corrected chi connectivity index (χ4v) is 9.26. The summed E-state index contributed by atoms with van der Waals surface area (Å²) >= 11 is 0. The van der Waals surface area contributed by atoms with Gasteiger partial charge in [0.05, 0.1) is 0 Å². The number of ether oxygens (including phenoxy) is 3. The second-order valence-electron chi connectivity index (χ2n) is 22.0. The Kier molecular flexibility index (Phi) is 63.8. The minimum Gasteiger partial charge on any atom is -0.462 e. The van der Waals surface area contributed by atoms with E-state index in [-0.39, 0.29) is 31.1 Å². The lowest BCUT2D eigenvalue weighted by Crippen LogP contribution is -2.30. The summed E-state index contributed by atoms with van der Waals surface area (Å²) in [7, 11) is 0. The summed E-state index contributed by atoms with van der Waals surface area (Å²) in [5.74, 6) is -0.893. The largest absolute Gasteiger partial charge is 0.462 e. The zero-order valence-corrected chi connectivity index (χ0v) is 52.3. The molecule has 0 aliphatic carbocycles. The van der Waals surface area contributed by atoms with Crippen LogP contribution in [-0.2, 0) is 28.6 Å². The number of allylic oxidation sites excluding steroid dienone is 20. The number of rotatable bonds is 60. The lowest BCUT2D eigenvalue weighted by atomic mass is 10.0. The van der Waals surface area contributed by atoms with Gasteiger partial charge in [0.1, 0.15) is 13.2 Å². The van der Waals surface area contributed by atoms with Gasteiger partial charge in [-0.1, -0.05) is 303 Å². The van der Waals surface area contributed by atoms with E-state index < -0.39 is 6.10 Å². The topological polar surface area (TPSA) is 78.9 Å². The molecule has 6 heteroatoms. The Hall–Kier alpha value is -4.19. The molecular formula is C74H124O6. The van der Waals surface area contributed by atoms with Gasteiger partial charge in [0.25, 0.3) is 0 Å². The Labute approximate surface area is 494 Å². The number of unbranched alkanes of at least 4 members (excludes halogenated alkanes) is 29. The number of hydrogen-bond donors (Lipinski definition) is 0. The van der Waals surface area contributed by atoms with Crippen molar-refractivity contribution in [2.45, 2.75) is 316 Å². The van der Waals surface area contributed by atoms with E-state index in [1.807, 2.05) is 0 Å². The minimum atomic E-state index is -0.790. The van der Waals surface area contributed by atoms with Crippen LogP contribution in [0.1, 0.15) is 310 Å². The van der Waals surface area contributed by atoms with Crippen LogP contribution in [0.5, 0.6) is 0 Å². The molecule has 0 saturated carbocycles. The highest BCUT2D eigenvalue weighted by atomic mass is 16.6. The number of carbonyl (C=O) groups is 3. The van der Waals surface area contributed by atoms with Gasteiger partial charge in [-0.25, -0.2) is 0 Å². The lowest BCUT2D eigenvalue weighted by Gasteiger charge is -2.18. The molecule has 0 bridgehead atoms. The van der Waals surface area contributed by atoms with Crippen LogP contribution in [0.4, 0.5) is 0 Å². The highest BCUT2D eigenvalue weighted by Crippen LogP contribution is 2.16. The molecule has 0 aromatic rings. The third-order valence-electron chi connectivity index (χ3n) is 14.2. The molecule has 0 aromatic carbocycles. The van der Waals surface area contributed by atoms with E-state index in [1.54, 1.807) is 0 Å². The van der Waals surface area contributed by atoms with Gasteiger partial charge >= 0.3 is 17.9 Å². The maximum Gasteiger partial charge on any atom is 0.306 e. The maximum atomic E-state index is 12.9. The normalized spacial score (nSPS) is 12.9. The van der Waals surface area contributed by atoms with Crippen molar-refractivity contribution in [1.29, 1.82) is 0 Å². The van der Waals surface area contributed by atoms with Gasteiger partial charge in [-0.05, 0) is 109 Å². The Morgan fingerprint density at radius 1 is 0.263 bits per heavy atom. The third kappa shape index (κ3) is 64.6. The SMILES string of the molecule is CC/C=C\C/C=C\C/C=C\C/C=C\C/C=C\C/C=C\CCCCCCCCCCCCC(=O)OCC(COC(=O)CCCCCCCCCCCCCCCC)OC(=O)CCCCCCCC/C=C\C/C=C\C/C=C\C/C=C\CC. The van der Waals surface area contributed by atoms with Crippen LogP contribution >= 0.6 is 0 Å². The summed E-state index contributed by atoms with van der Waals surface area (Å²) in [6.07, 6.45) is 93.5. The fourth-order valence-electron chi connectivity index (χ4n) is 9.26. The van der Waals surface area contributed by atoms with Crippen molar-refractivity contribution in [3.05, 3.63) is 122 Å². The molecular weight excluding hydrogens is 985 g/mol. The van der Waals surface area contributed by atoms with Gasteiger partial charge in [-0.3, -0.25) is 14.4 Å². The van der Waals surface area contributed by atoms with E-state index in [0.29, 0.717) is 19.3 Å². The first-order chi connectivity index (χ1) is 39.5. The molecule has 0 heterocycles. The van der Waals surface area contributed by atoms with Crippen molar-refractivity contribution in [1.82, 2.24) is 0 Å². The summed E-state index contributed by atoms with van der Waals surface area (Å²) in [4.78, 5) is 38.4. The molecule has 0 fully saturated rings. The highest BCUT2D eigenvalue weighted by molar-refractivity contribution is 5.71. The molecule has 0 N–H and O–H groups in total. The molecule has 1 atom stereocenters. The van der Waals surface area contributed by atoms with E-state index in [4.69, 9.17) is 14.2 Å². The zero-order valence-electron chi connectivity index (χ0n) is 52.3. The van der Waals surface area contributed by atoms with E-state index in [2.05, 4.69) is 142 Å². The van der Waals surface area contributed by atoms with Crippen LogP contribution in [0.3, 0.4) is 0 Å². The predicted octanol–water partition coefficient (Wildman–Crippen LogP) is 23.2. The van der Waals surface area contributed by atoms with E-state index >= 15 is 0 Å². The summed E-state index contributed by atoms with van der Waals surface area (Å²) in [6.45, 7) is 6.42. The number of esters is 3. The first kappa shape index (κ1) is 75.8. The molecule has 0 rings (SSSR count). The predicted molar refractivity (Wildman–Crippen MR) is 348 cm³/mol. The van der Waals surface area contributed by atoms with Crippen molar-refractivity contribution >= 4 is 17.9 Å². The van der Waals surface area contributed by atoms with Crippen LogP contribution in [0.15, 0.2) is 122 Å². The molecule has 0 amide bonds. The van der Waals surface area contributed by atoms with Crippen LogP contribution in [0, 0.1) is 0 Å². The molecule has 80 heavy (non-hydrogen) atoms. The first-order valence-electron chi connectivity index (χ1n) is 33.5. The lowest BCUT2D eigenvalue weighted by molar-refractivity contribution is -0.167. The number of carbonyl (C=O) groups excluding carboxylic acids is 3. The quantitative estimate of drug-likeness (QED) is 0.0261. The van der Waals surface area contributed by atoms with Gasteiger partial charge < -0.3 is 14.2 Å². The average molecular weight is 1110 g/mol. The Morgan fingerprint density at radius 3 is 0.762 bits per heavy atom. The monoisotopic (exact) mass is 1110 g/mol. The molecule has 456 valence electrons. The molecule has 0 radical (unpaired) electrons. The van der Waals surface area contributed by atoms with E-state index in [0.717, 1.165) is 135 Å². The van der Waals surface area contributed by atoms with E-state index in [1.165, 1.54) is 135 Å². The second-order valence-corrected chi connectivity index (χ2v) is 22.0. The smallest absolute Gasteiger partial charge is 0.306 e. The third-order valence-corrected chi connectivity index (χ3v) is 14.2. The van der Waals surface area contributed by atoms with Gasteiger partial charge in [0.2, 0.25) is 0 Å². The van der Waals surface area contributed by atoms with Crippen molar-refractivity contribution in [2.24, 2.45) is 0 Å². The Bertz CT molecular complexity index is 1650. The Morgan fingerprint density at radius 2 is 0.487 bits per heavy atom. The summed E-state index contributed by atoms with van der Waals surface area (Å²) in [5.41, 5.74) is 0. The molecule has 0 spiro atoms. The van der Waals surface area contributed by atoms with Crippen LogP contribution in [0.2, 0.25) is 0 Å². The molecule has 0 aromatic heterocycles. The molecule has 0 aliphatic rings. The summed E-state index contributed by atoms with van der Waals surface area (Å²) in [6, 6.07) is 0. The Balaban J connectivity index is 4.33. The standard InChI is InChI=1S/C74H124O6/c1-4-7-10-13-16-19-22-25-28-30-32-33-34-35-36-37-38-39-40-41-43-44-46-49-52-55-58-61-64-67-73(76)79-70-71(69-78-72(75)66-63-60-57-54-51-48-27-24-21-18-15-12-9-6-3)80-74(77)68-65-62-59-56-53-50-47-45-42-31-29-26-23-20-17-14-11-8-5-2/h7-8,10-11,16-17,19-20,25-26,28-29,32-33,35-36,38-39,42,45,71H,4-6,9,12-15,18,21-24,27,30-31,34,37,40-41,43-44,46-70H2,1-3H3/b10-7-,11-8-,19-16-,20-17-,28-25-,29-26-,33-32-,36-35-,39-38-,45-42-. The number of hydrogen-bond acceptors (Lipinski definition) is 6. The first-order valence-corrected chi connectivity index (χ1v) is 33.5. The van der Waals surface area contributed by atoms with Gasteiger partial charge in [-0.15, -0.1) is 0 Å².